The summed E-state index contributed by atoms with van der Waals surface area (Å²) in [5, 5.41) is 15.6. The second-order valence-corrected chi connectivity index (χ2v) is 8.31. The minimum absolute atomic E-state index is 0.00667. The number of hydrogen-bond acceptors (Lipinski definition) is 6. The molecule has 8 nitrogen and oxygen atoms in total. The molecule has 0 radical (unpaired) electrons. The van der Waals surface area contributed by atoms with E-state index in [9.17, 15) is 14.9 Å². The van der Waals surface area contributed by atoms with Gasteiger partial charge >= 0.3 is 0 Å². The van der Waals surface area contributed by atoms with Crippen molar-refractivity contribution in [3.05, 3.63) is 81.9 Å². The molecule has 0 spiro atoms. The fourth-order valence-corrected chi connectivity index (χ4v) is 4.46. The molecule has 5 rings (SSSR count). The molecule has 0 atom stereocenters. The summed E-state index contributed by atoms with van der Waals surface area (Å²) in [7, 11) is 0. The van der Waals surface area contributed by atoms with Crippen molar-refractivity contribution in [3.63, 3.8) is 0 Å². The molecule has 158 valence electrons. The Bertz CT molecular complexity index is 1530. The highest BCUT2D eigenvalue weighted by molar-refractivity contribution is 7.99. The van der Waals surface area contributed by atoms with E-state index >= 15 is 0 Å². The topological polar surface area (TPSA) is 102 Å². The van der Waals surface area contributed by atoms with E-state index in [4.69, 9.17) is 21.6 Å². The van der Waals surface area contributed by atoms with Gasteiger partial charge in [0, 0.05) is 16.5 Å². The molecule has 3 aromatic carbocycles. The standard InChI is InChI=1S/C22H14ClN5O3S/c23-13-9-10-17(19(11-13)28(30)31)24-20(29)12-32-22-26-15-6-2-1-5-14(15)21-25-16-7-3-4-8-18(16)27(21)22/h1-11H,12H2,(H,24,29). The number of benzene rings is 3. The number of carbonyl (C=O) groups is 1. The smallest absolute Gasteiger partial charge is 0.294 e. The van der Waals surface area contributed by atoms with Crippen molar-refractivity contribution < 1.29 is 9.72 Å². The lowest BCUT2D eigenvalue weighted by Crippen LogP contribution is -2.15. The van der Waals surface area contributed by atoms with Gasteiger partial charge in [0.05, 0.1) is 27.2 Å². The van der Waals surface area contributed by atoms with Gasteiger partial charge in [-0.25, -0.2) is 9.97 Å². The molecule has 0 saturated heterocycles. The minimum atomic E-state index is -0.583. The van der Waals surface area contributed by atoms with Gasteiger partial charge in [0.25, 0.3) is 5.69 Å². The van der Waals surface area contributed by atoms with Gasteiger partial charge in [-0.3, -0.25) is 19.3 Å². The third kappa shape index (κ3) is 3.61. The Balaban J connectivity index is 1.49. The Morgan fingerprint density at radius 3 is 2.62 bits per heavy atom. The number of amides is 1. The van der Waals surface area contributed by atoms with E-state index in [2.05, 4.69) is 5.32 Å². The zero-order valence-corrected chi connectivity index (χ0v) is 17.9. The van der Waals surface area contributed by atoms with Crippen LogP contribution in [0.2, 0.25) is 5.02 Å². The molecular weight excluding hydrogens is 450 g/mol. The first-order valence-corrected chi connectivity index (χ1v) is 10.9. The zero-order valence-electron chi connectivity index (χ0n) is 16.4. The maximum Gasteiger partial charge on any atom is 0.294 e. The van der Waals surface area contributed by atoms with Gasteiger partial charge < -0.3 is 5.32 Å². The third-order valence-electron chi connectivity index (χ3n) is 4.88. The van der Waals surface area contributed by atoms with Crippen LogP contribution in [0.3, 0.4) is 0 Å². The van der Waals surface area contributed by atoms with E-state index in [1.807, 2.05) is 52.9 Å². The lowest BCUT2D eigenvalue weighted by atomic mass is 10.2. The Morgan fingerprint density at radius 1 is 1.06 bits per heavy atom. The van der Waals surface area contributed by atoms with Crippen molar-refractivity contribution in [2.24, 2.45) is 0 Å². The number of anilines is 1. The maximum atomic E-state index is 12.6. The molecule has 1 N–H and O–H groups in total. The van der Waals surface area contributed by atoms with E-state index in [1.165, 1.54) is 30.0 Å². The number of carbonyl (C=O) groups excluding carboxylic acids is 1. The van der Waals surface area contributed by atoms with Crippen LogP contribution in [0, 0.1) is 10.1 Å². The molecular formula is C22H14ClN5O3S. The number of fused-ring (bicyclic) bond motifs is 5. The number of halogens is 1. The van der Waals surface area contributed by atoms with Crippen LogP contribution in [0.25, 0.3) is 27.6 Å². The Morgan fingerprint density at radius 2 is 1.81 bits per heavy atom. The summed E-state index contributed by atoms with van der Waals surface area (Å²) < 4.78 is 1.93. The number of nitrogens with one attached hydrogen (secondary N) is 1. The van der Waals surface area contributed by atoms with Gasteiger partial charge in [-0.15, -0.1) is 0 Å². The first-order chi connectivity index (χ1) is 15.5. The van der Waals surface area contributed by atoms with Gasteiger partial charge in [0.15, 0.2) is 5.16 Å². The molecule has 0 fully saturated rings. The lowest BCUT2D eigenvalue weighted by molar-refractivity contribution is -0.383. The summed E-state index contributed by atoms with van der Waals surface area (Å²) in [6.07, 6.45) is 0. The summed E-state index contributed by atoms with van der Waals surface area (Å²) >= 11 is 7.07. The van der Waals surface area contributed by atoms with Crippen LogP contribution >= 0.6 is 23.4 Å². The number of thioether (sulfide) groups is 1. The zero-order chi connectivity index (χ0) is 22.2. The van der Waals surface area contributed by atoms with E-state index in [-0.39, 0.29) is 22.2 Å². The number of rotatable bonds is 5. The van der Waals surface area contributed by atoms with Gasteiger partial charge in [0.1, 0.15) is 11.3 Å². The van der Waals surface area contributed by atoms with Crippen LogP contribution < -0.4 is 5.32 Å². The van der Waals surface area contributed by atoms with Crippen molar-refractivity contribution >= 4 is 68.2 Å². The van der Waals surface area contributed by atoms with Gasteiger partial charge in [-0.05, 0) is 36.4 Å². The maximum absolute atomic E-state index is 12.6. The summed E-state index contributed by atoms with van der Waals surface area (Å²) in [6, 6.07) is 19.5. The van der Waals surface area contributed by atoms with Crippen molar-refractivity contribution in [1.29, 1.82) is 0 Å². The lowest BCUT2D eigenvalue weighted by Gasteiger charge is -2.09. The molecule has 0 saturated carbocycles. The van der Waals surface area contributed by atoms with Crippen LogP contribution in [0.15, 0.2) is 71.9 Å². The summed E-state index contributed by atoms with van der Waals surface area (Å²) in [4.78, 5) is 32.8. The van der Waals surface area contributed by atoms with E-state index < -0.39 is 10.8 Å². The van der Waals surface area contributed by atoms with Crippen molar-refractivity contribution in [1.82, 2.24) is 14.4 Å². The first-order valence-electron chi connectivity index (χ1n) is 9.54. The largest absolute Gasteiger partial charge is 0.320 e. The number of nitro benzene ring substituents is 1. The van der Waals surface area contributed by atoms with Crippen LogP contribution in [-0.4, -0.2) is 31.0 Å². The van der Waals surface area contributed by atoms with Crippen LogP contribution in [0.4, 0.5) is 11.4 Å². The number of hydrogen-bond donors (Lipinski definition) is 1. The van der Waals surface area contributed by atoms with Crippen molar-refractivity contribution in [2.75, 3.05) is 11.1 Å². The molecule has 0 aliphatic rings. The number of para-hydroxylation sites is 3. The molecule has 10 heteroatoms. The fourth-order valence-electron chi connectivity index (χ4n) is 3.49. The molecule has 5 aromatic rings. The van der Waals surface area contributed by atoms with Gasteiger partial charge in [-0.1, -0.05) is 47.6 Å². The second-order valence-electron chi connectivity index (χ2n) is 6.93. The van der Waals surface area contributed by atoms with Crippen molar-refractivity contribution in [3.8, 4) is 0 Å². The normalized spacial score (nSPS) is 11.3. The second kappa shape index (κ2) is 8.10. The number of nitrogens with zero attached hydrogens (tertiary/aromatic N) is 4. The molecule has 0 aliphatic heterocycles. The van der Waals surface area contributed by atoms with Crippen LogP contribution in [0.5, 0.6) is 0 Å². The van der Waals surface area contributed by atoms with Crippen molar-refractivity contribution in [2.45, 2.75) is 5.16 Å². The number of aromatic nitrogens is 3. The van der Waals surface area contributed by atoms with E-state index in [1.54, 1.807) is 0 Å². The average Bonchev–Trinajstić information content (AvgIpc) is 3.19. The first kappa shape index (κ1) is 20.2. The Kier molecular flexibility index (Phi) is 5.12. The minimum Gasteiger partial charge on any atom is -0.320 e. The molecule has 32 heavy (non-hydrogen) atoms. The quantitative estimate of drug-likeness (QED) is 0.163. The summed E-state index contributed by atoms with van der Waals surface area (Å²) in [5.41, 5.74) is 3.07. The molecule has 0 aliphatic carbocycles. The highest BCUT2D eigenvalue weighted by Crippen LogP contribution is 2.30. The highest BCUT2D eigenvalue weighted by atomic mass is 35.5. The van der Waals surface area contributed by atoms with E-state index in [0.717, 1.165) is 27.6 Å². The van der Waals surface area contributed by atoms with E-state index in [0.29, 0.717) is 5.16 Å². The van der Waals surface area contributed by atoms with Gasteiger partial charge in [-0.2, -0.15) is 0 Å². The number of imidazole rings is 1. The average molecular weight is 464 g/mol. The van der Waals surface area contributed by atoms with Crippen LogP contribution in [0.1, 0.15) is 0 Å². The monoisotopic (exact) mass is 463 g/mol. The number of nitro groups is 1. The molecule has 0 bridgehead atoms. The third-order valence-corrected chi connectivity index (χ3v) is 6.05. The van der Waals surface area contributed by atoms with Crippen LogP contribution in [-0.2, 0) is 4.79 Å². The van der Waals surface area contributed by atoms with Gasteiger partial charge in [0.2, 0.25) is 5.91 Å². The molecule has 0 unspecified atom stereocenters. The Hall–Kier alpha value is -3.69. The predicted molar refractivity (Wildman–Crippen MR) is 125 cm³/mol. The molecule has 2 heterocycles. The highest BCUT2D eigenvalue weighted by Gasteiger charge is 2.18. The molecule has 1 amide bonds. The molecule has 2 aromatic heterocycles. The predicted octanol–water partition coefficient (Wildman–Crippen LogP) is 5.33. The fraction of sp³-hybridized carbons (Fsp3) is 0.0455. The SMILES string of the molecule is O=C(CSc1nc2ccccc2c2nc3ccccc3n12)Nc1ccc(Cl)cc1[N+](=O)[O-]. The summed E-state index contributed by atoms with van der Waals surface area (Å²) in [5.74, 6) is -0.389. The Labute approximate surface area is 190 Å². The summed E-state index contributed by atoms with van der Waals surface area (Å²) in [6.45, 7) is 0.